The van der Waals surface area contributed by atoms with Gasteiger partial charge in [-0.05, 0) is 73.2 Å². The van der Waals surface area contributed by atoms with E-state index >= 15 is 0 Å². The summed E-state index contributed by atoms with van der Waals surface area (Å²) in [5.74, 6) is -0.0139. The lowest BCUT2D eigenvalue weighted by Crippen LogP contribution is -2.38. The van der Waals surface area contributed by atoms with Gasteiger partial charge in [0.05, 0.1) is 5.56 Å². The van der Waals surface area contributed by atoms with Gasteiger partial charge in [0.1, 0.15) is 0 Å². The molecule has 1 aliphatic rings. The van der Waals surface area contributed by atoms with Gasteiger partial charge >= 0.3 is 0 Å². The Balaban J connectivity index is 1.20. The van der Waals surface area contributed by atoms with E-state index in [4.69, 9.17) is 0 Å². The number of nitrogens with zero attached hydrogens (tertiary/aromatic N) is 3. The molecule has 0 saturated carbocycles. The molecule has 0 atom stereocenters. The summed E-state index contributed by atoms with van der Waals surface area (Å²) in [5.41, 5.74) is 6.41. The first-order valence-electron chi connectivity index (χ1n) is 13.8. The maximum Gasteiger partial charge on any atom is 0.256 e. The van der Waals surface area contributed by atoms with E-state index in [1.807, 2.05) is 48.2 Å². The summed E-state index contributed by atoms with van der Waals surface area (Å²) in [6, 6.07) is 24.7. The molecule has 4 aromatic rings. The molecule has 5 rings (SSSR count). The fourth-order valence-electron chi connectivity index (χ4n) is 5.31. The van der Waals surface area contributed by atoms with Crippen LogP contribution in [0.1, 0.15) is 61.0 Å². The van der Waals surface area contributed by atoms with Crippen LogP contribution in [0.5, 0.6) is 0 Å². The van der Waals surface area contributed by atoms with Crippen LogP contribution in [-0.4, -0.2) is 59.7 Å². The Kier molecular flexibility index (Phi) is 8.24. The smallest absolute Gasteiger partial charge is 0.256 e. The van der Waals surface area contributed by atoms with Crippen LogP contribution in [-0.2, 0) is 0 Å². The number of carbonyl (C=O) groups excluding carboxylic acids is 3. The van der Waals surface area contributed by atoms with E-state index in [9.17, 15) is 14.4 Å². The van der Waals surface area contributed by atoms with Crippen LogP contribution in [0.2, 0.25) is 0 Å². The number of hydrogen-bond donors (Lipinski definition) is 1. The lowest BCUT2D eigenvalue weighted by atomic mass is 9.89. The molecule has 1 aromatic heterocycles. The monoisotopic (exact) mass is 546 g/mol. The minimum absolute atomic E-state index is 0.0453. The summed E-state index contributed by atoms with van der Waals surface area (Å²) in [6.45, 7) is 3.33. The predicted molar refractivity (Wildman–Crippen MR) is 161 cm³/mol. The Bertz CT molecular complexity index is 1570. The molecule has 208 valence electrons. The number of anilines is 1. The molecule has 0 unspecified atom stereocenters. The van der Waals surface area contributed by atoms with Crippen molar-refractivity contribution in [2.45, 2.75) is 25.7 Å². The summed E-state index contributed by atoms with van der Waals surface area (Å²) in [7, 11) is 3.40. The highest BCUT2D eigenvalue weighted by Gasteiger charge is 2.25. The number of aromatic nitrogens is 1. The van der Waals surface area contributed by atoms with Crippen molar-refractivity contribution in [2.24, 2.45) is 0 Å². The lowest BCUT2D eigenvalue weighted by molar-refractivity contribution is 0.0713. The second kappa shape index (κ2) is 12.2. The van der Waals surface area contributed by atoms with Crippen LogP contribution in [0.4, 0.5) is 5.69 Å². The van der Waals surface area contributed by atoms with Crippen molar-refractivity contribution in [2.75, 3.05) is 32.5 Å². The zero-order valence-electron chi connectivity index (χ0n) is 23.6. The molecule has 0 aliphatic carbocycles. The number of likely N-dealkylation sites (tertiary alicyclic amines) is 1. The van der Waals surface area contributed by atoms with E-state index in [-0.39, 0.29) is 17.7 Å². The highest BCUT2D eigenvalue weighted by Crippen LogP contribution is 2.30. The fraction of sp³-hybridized carbons (Fsp3) is 0.235. The standard InChI is InChI=1S/C34H34N4O3/c1-23-6-4-7-26(20-23)31-22-35-17-14-30(31)32(39)36-29-12-10-24(11-13-29)25-15-18-38(19-16-25)34(41)28-9-5-8-27(21-28)33(40)37(2)3/h4-14,17,20-22,25H,15-16,18-19H2,1-3H3,(H,36,39). The number of aryl methyl sites for hydroxylation is 1. The predicted octanol–water partition coefficient (Wildman–Crippen LogP) is 6.03. The third-order valence-corrected chi connectivity index (χ3v) is 7.58. The van der Waals surface area contributed by atoms with Gasteiger partial charge in [0, 0.05) is 62.0 Å². The molecular weight excluding hydrogens is 512 g/mol. The van der Waals surface area contributed by atoms with Crippen molar-refractivity contribution in [1.82, 2.24) is 14.8 Å². The molecular formula is C34H34N4O3. The first-order valence-corrected chi connectivity index (χ1v) is 13.8. The molecule has 41 heavy (non-hydrogen) atoms. The fourth-order valence-corrected chi connectivity index (χ4v) is 5.31. The molecule has 0 radical (unpaired) electrons. The summed E-state index contributed by atoms with van der Waals surface area (Å²) in [4.78, 5) is 46.2. The Morgan fingerprint density at radius 1 is 0.878 bits per heavy atom. The summed E-state index contributed by atoms with van der Waals surface area (Å²) in [5, 5.41) is 3.03. The molecule has 1 saturated heterocycles. The number of amides is 3. The topological polar surface area (TPSA) is 82.6 Å². The maximum absolute atomic E-state index is 13.2. The number of carbonyl (C=O) groups is 3. The molecule has 1 fully saturated rings. The van der Waals surface area contributed by atoms with Gasteiger partial charge in [0.25, 0.3) is 17.7 Å². The van der Waals surface area contributed by atoms with Crippen LogP contribution in [0.15, 0.2) is 91.3 Å². The minimum Gasteiger partial charge on any atom is -0.345 e. The second-order valence-electron chi connectivity index (χ2n) is 10.7. The second-order valence-corrected chi connectivity index (χ2v) is 10.7. The molecule has 3 aromatic carbocycles. The first kappa shape index (κ1) is 27.8. The van der Waals surface area contributed by atoms with Gasteiger partial charge in [-0.15, -0.1) is 0 Å². The maximum atomic E-state index is 13.2. The summed E-state index contributed by atoms with van der Waals surface area (Å²) in [6.07, 6.45) is 5.06. The van der Waals surface area contributed by atoms with Crippen LogP contribution >= 0.6 is 0 Å². The molecule has 0 spiro atoms. The van der Waals surface area contributed by atoms with Crippen molar-refractivity contribution >= 4 is 23.4 Å². The molecule has 0 bridgehead atoms. The van der Waals surface area contributed by atoms with Crippen LogP contribution in [0.25, 0.3) is 11.1 Å². The van der Waals surface area contributed by atoms with Crippen molar-refractivity contribution < 1.29 is 14.4 Å². The van der Waals surface area contributed by atoms with E-state index in [2.05, 4.69) is 22.4 Å². The van der Waals surface area contributed by atoms with Crippen molar-refractivity contribution in [3.63, 3.8) is 0 Å². The van der Waals surface area contributed by atoms with Crippen molar-refractivity contribution in [1.29, 1.82) is 0 Å². The van der Waals surface area contributed by atoms with Crippen molar-refractivity contribution in [3.05, 3.63) is 119 Å². The molecule has 7 nitrogen and oxygen atoms in total. The van der Waals surface area contributed by atoms with Crippen LogP contribution in [0.3, 0.4) is 0 Å². The van der Waals surface area contributed by atoms with E-state index in [0.717, 1.165) is 35.2 Å². The third kappa shape index (κ3) is 6.35. The average molecular weight is 547 g/mol. The van der Waals surface area contributed by atoms with Gasteiger partial charge in [-0.2, -0.15) is 0 Å². The normalized spacial score (nSPS) is 13.5. The van der Waals surface area contributed by atoms with Gasteiger partial charge in [0.2, 0.25) is 0 Å². The Morgan fingerprint density at radius 2 is 1.59 bits per heavy atom. The zero-order valence-corrected chi connectivity index (χ0v) is 23.6. The van der Waals surface area contributed by atoms with Crippen LogP contribution < -0.4 is 5.32 Å². The Labute approximate surface area is 240 Å². The van der Waals surface area contributed by atoms with E-state index in [1.54, 1.807) is 56.8 Å². The molecule has 1 aliphatic heterocycles. The number of pyridine rings is 1. The van der Waals surface area contributed by atoms with Gasteiger partial charge < -0.3 is 15.1 Å². The van der Waals surface area contributed by atoms with Crippen molar-refractivity contribution in [3.8, 4) is 11.1 Å². The van der Waals surface area contributed by atoms with Gasteiger partial charge in [-0.3, -0.25) is 19.4 Å². The minimum atomic E-state index is -0.181. The molecule has 7 heteroatoms. The Hall–Kier alpha value is -4.78. The number of rotatable bonds is 6. The van der Waals surface area contributed by atoms with Gasteiger partial charge in [-0.25, -0.2) is 0 Å². The van der Waals surface area contributed by atoms with E-state index in [1.165, 1.54) is 10.5 Å². The summed E-state index contributed by atoms with van der Waals surface area (Å²) >= 11 is 0. The highest BCUT2D eigenvalue weighted by atomic mass is 16.2. The lowest BCUT2D eigenvalue weighted by Gasteiger charge is -2.32. The number of piperidine rings is 1. The Morgan fingerprint density at radius 3 is 2.29 bits per heavy atom. The molecule has 2 heterocycles. The van der Waals surface area contributed by atoms with Crippen LogP contribution in [0, 0.1) is 6.92 Å². The SMILES string of the molecule is Cc1cccc(-c2cnccc2C(=O)Nc2ccc(C3CCN(C(=O)c4cccc(C(=O)N(C)C)c4)CC3)cc2)c1. The zero-order chi connectivity index (χ0) is 28.9. The average Bonchev–Trinajstić information content (AvgIpc) is 3.01. The third-order valence-electron chi connectivity index (χ3n) is 7.58. The quantitative estimate of drug-likeness (QED) is 0.320. The molecule has 3 amide bonds. The first-order chi connectivity index (χ1) is 19.8. The molecule has 1 N–H and O–H groups in total. The highest BCUT2D eigenvalue weighted by molar-refractivity contribution is 6.08. The number of benzene rings is 3. The number of nitrogens with one attached hydrogen (secondary N) is 1. The van der Waals surface area contributed by atoms with E-state index in [0.29, 0.717) is 35.7 Å². The van der Waals surface area contributed by atoms with Gasteiger partial charge in [-0.1, -0.05) is 48.0 Å². The van der Waals surface area contributed by atoms with E-state index < -0.39 is 0 Å². The van der Waals surface area contributed by atoms with Gasteiger partial charge in [0.15, 0.2) is 0 Å². The summed E-state index contributed by atoms with van der Waals surface area (Å²) < 4.78 is 0. The number of hydrogen-bond acceptors (Lipinski definition) is 4. The largest absolute Gasteiger partial charge is 0.345 e.